The number of amides is 1. The first-order valence-electron chi connectivity index (χ1n) is 6.57. The van der Waals surface area contributed by atoms with Gasteiger partial charge in [-0.1, -0.05) is 23.2 Å². The molecule has 0 radical (unpaired) electrons. The van der Waals surface area contributed by atoms with Crippen LogP contribution in [0.25, 0.3) is 0 Å². The van der Waals surface area contributed by atoms with Crippen molar-refractivity contribution in [2.75, 3.05) is 13.1 Å². The Morgan fingerprint density at radius 3 is 2.43 bits per heavy atom. The molecular weight excluding hydrogens is 335 g/mol. The summed E-state index contributed by atoms with van der Waals surface area (Å²) in [5.41, 5.74) is 0. The highest BCUT2D eigenvalue weighted by molar-refractivity contribution is 7.89. The van der Waals surface area contributed by atoms with Crippen molar-refractivity contribution in [1.82, 2.24) is 9.62 Å². The SMILES string of the molecule is C[C@@H](NS(=O)(=O)c1ccc(Cl)c(Cl)c1)C(=O)N1CCCC1. The molecule has 116 valence electrons. The smallest absolute Gasteiger partial charge is 0.241 e. The summed E-state index contributed by atoms with van der Waals surface area (Å²) in [6, 6.07) is 3.21. The van der Waals surface area contributed by atoms with Crippen molar-refractivity contribution in [1.29, 1.82) is 0 Å². The average molecular weight is 351 g/mol. The molecule has 1 aromatic rings. The first-order valence-corrected chi connectivity index (χ1v) is 8.81. The van der Waals surface area contributed by atoms with Crippen LogP contribution < -0.4 is 4.72 Å². The van der Waals surface area contributed by atoms with E-state index in [0.717, 1.165) is 12.8 Å². The number of carbonyl (C=O) groups is 1. The topological polar surface area (TPSA) is 66.5 Å². The number of hydrogen-bond acceptors (Lipinski definition) is 3. The van der Waals surface area contributed by atoms with Gasteiger partial charge in [-0.15, -0.1) is 0 Å². The van der Waals surface area contributed by atoms with E-state index < -0.39 is 16.1 Å². The van der Waals surface area contributed by atoms with Gasteiger partial charge in [-0.3, -0.25) is 4.79 Å². The van der Waals surface area contributed by atoms with Crippen molar-refractivity contribution >= 4 is 39.1 Å². The summed E-state index contributed by atoms with van der Waals surface area (Å²) >= 11 is 11.6. The van der Waals surface area contributed by atoms with Crippen LogP contribution in [0.4, 0.5) is 0 Å². The van der Waals surface area contributed by atoms with E-state index >= 15 is 0 Å². The Kier molecular flexibility index (Phi) is 5.14. The molecule has 0 bridgehead atoms. The second kappa shape index (κ2) is 6.52. The van der Waals surface area contributed by atoms with E-state index in [1.54, 1.807) is 4.90 Å². The zero-order chi connectivity index (χ0) is 15.6. The Balaban J connectivity index is 2.12. The van der Waals surface area contributed by atoms with Gasteiger partial charge in [0, 0.05) is 13.1 Å². The number of halogens is 2. The largest absolute Gasteiger partial charge is 0.341 e. The lowest BCUT2D eigenvalue weighted by atomic mass is 10.3. The first-order chi connectivity index (χ1) is 9.81. The molecule has 1 heterocycles. The third kappa shape index (κ3) is 3.88. The zero-order valence-electron chi connectivity index (χ0n) is 11.5. The fourth-order valence-electron chi connectivity index (χ4n) is 2.21. The van der Waals surface area contributed by atoms with E-state index in [-0.39, 0.29) is 20.8 Å². The molecule has 1 aromatic carbocycles. The lowest BCUT2D eigenvalue weighted by Gasteiger charge is -2.21. The monoisotopic (exact) mass is 350 g/mol. The van der Waals surface area contributed by atoms with E-state index in [9.17, 15) is 13.2 Å². The van der Waals surface area contributed by atoms with Crippen molar-refractivity contribution in [3.8, 4) is 0 Å². The molecule has 2 rings (SSSR count). The number of carbonyl (C=O) groups excluding carboxylic acids is 1. The second-order valence-electron chi connectivity index (χ2n) is 4.95. The molecule has 1 saturated heterocycles. The maximum atomic E-state index is 12.2. The molecule has 1 aliphatic rings. The van der Waals surface area contributed by atoms with Crippen LogP contribution >= 0.6 is 23.2 Å². The number of rotatable bonds is 4. The van der Waals surface area contributed by atoms with Gasteiger partial charge in [-0.25, -0.2) is 8.42 Å². The molecule has 5 nitrogen and oxygen atoms in total. The number of nitrogens with one attached hydrogen (secondary N) is 1. The van der Waals surface area contributed by atoms with E-state index in [1.807, 2.05) is 0 Å². The predicted molar refractivity (Wildman–Crippen MR) is 82.1 cm³/mol. The number of likely N-dealkylation sites (tertiary alicyclic amines) is 1. The molecule has 0 aliphatic carbocycles. The zero-order valence-corrected chi connectivity index (χ0v) is 13.8. The maximum absolute atomic E-state index is 12.2. The van der Waals surface area contributed by atoms with E-state index in [4.69, 9.17) is 23.2 Å². The number of sulfonamides is 1. The minimum absolute atomic E-state index is 0.0158. The molecule has 1 N–H and O–H groups in total. The molecule has 21 heavy (non-hydrogen) atoms. The maximum Gasteiger partial charge on any atom is 0.241 e. The minimum Gasteiger partial charge on any atom is -0.341 e. The molecule has 0 saturated carbocycles. The summed E-state index contributed by atoms with van der Waals surface area (Å²) < 4.78 is 26.9. The van der Waals surface area contributed by atoms with Crippen LogP contribution in [-0.4, -0.2) is 38.4 Å². The fraction of sp³-hybridized carbons (Fsp3) is 0.462. The molecule has 0 aromatic heterocycles. The third-order valence-electron chi connectivity index (χ3n) is 3.32. The molecular formula is C13H16Cl2N2O3S. The van der Waals surface area contributed by atoms with Crippen LogP contribution in [0.15, 0.2) is 23.1 Å². The molecule has 1 amide bonds. The van der Waals surface area contributed by atoms with Gasteiger partial charge >= 0.3 is 0 Å². The summed E-state index contributed by atoms with van der Waals surface area (Å²) in [5, 5.41) is 0.426. The van der Waals surface area contributed by atoms with Gasteiger partial charge in [-0.05, 0) is 38.0 Å². The molecule has 1 aliphatic heterocycles. The van der Waals surface area contributed by atoms with Gasteiger partial charge in [0.2, 0.25) is 15.9 Å². The third-order valence-corrected chi connectivity index (χ3v) is 5.60. The number of hydrogen-bond donors (Lipinski definition) is 1. The molecule has 0 spiro atoms. The van der Waals surface area contributed by atoms with Crippen LogP contribution in [0.1, 0.15) is 19.8 Å². The van der Waals surface area contributed by atoms with Gasteiger partial charge in [-0.2, -0.15) is 4.72 Å². The highest BCUT2D eigenvalue weighted by atomic mass is 35.5. The quantitative estimate of drug-likeness (QED) is 0.905. The predicted octanol–water partition coefficient (Wildman–Crippen LogP) is 2.28. The van der Waals surface area contributed by atoms with Crippen LogP contribution in [0.5, 0.6) is 0 Å². The summed E-state index contributed by atoms with van der Waals surface area (Å²) in [6.07, 6.45) is 1.91. The van der Waals surface area contributed by atoms with Crippen LogP contribution in [0, 0.1) is 0 Å². The van der Waals surface area contributed by atoms with Crippen LogP contribution in [0.3, 0.4) is 0 Å². The summed E-state index contributed by atoms with van der Waals surface area (Å²) in [4.78, 5) is 13.8. The average Bonchev–Trinajstić information content (AvgIpc) is 2.94. The fourth-order valence-corrected chi connectivity index (χ4v) is 3.79. The molecule has 1 atom stereocenters. The molecule has 1 fully saturated rings. The van der Waals surface area contributed by atoms with Crippen molar-refractivity contribution in [3.05, 3.63) is 28.2 Å². The van der Waals surface area contributed by atoms with Gasteiger partial charge in [0.1, 0.15) is 0 Å². The minimum atomic E-state index is -3.81. The van der Waals surface area contributed by atoms with Crippen LogP contribution in [0.2, 0.25) is 10.0 Å². The van der Waals surface area contributed by atoms with Gasteiger partial charge in [0.05, 0.1) is 21.0 Å². The lowest BCUT2D eigenvalue weighted by molar-refractivity contribution is -0.131. The lowest BCUT2D eigenvalue weighted by Crippen LogP contribution is -2.45. The number of benzene rings is 1. The summed E-state index contributed by atoms with van der Waals surface area (Å²) in [7, 11) is -3.81. The standard InChI is InChI=1S/C13H16Cl2N2O3S/c1-9(13(18)17-6-2-3-7-17)16-21(19,20)10-4-5-11(14)12(15)8-10/h4-5,8-9,16H,2-3,6-7H2,1H3/t9-/m1/s1. The van der Waals surface area contributed by atoms with E-state index in [0.29, 0.717) is 13.1 Å². The first kappa shape index (κ1) is 16.5. The van der Waals surface area contributed by atoms with Gasteiger partial charge in [0.25, 0.3) is 0 Å². The molecule has 0 unspecified atom stereocenters. The van der Waals surface area contributed by atoms with Crippen molar-refractivity contribution in [3.63, 3.8) is 0 Å². The summed E-state index contributed by atoms with van der Waals surface area (Å²) in [6.45, 7) is 2.89. The Labute approximate surface area is 134 Å². The van der Waals surface area contributed by atoms with E-state index in [1.165, 1.54) is 25.1 Å². The second-order valence-corrected chi connectivity index (χ2v) is 7.48. The number of nitrogens with zero attached hydrogens (tertiary/aromatic N) is 1. The van der Waals surface area contributed by atoms with Crippen molar-refractivity contribution in [2.24, 2.45) is 0 Å². The highest BCUT2D eigenvalue weighted by Gasteiger charge is 2.27. The van der Waals surface area contributed by atoms with Crippen molar-refractivity contribution < 1.29 is 13.2 Å². The Bertz CT molecular complexity index is 643. The van der Waals surface area contributed by atoms with E-state index in [2.05, 4.69) is 4.72 Å². The van der Waals surface area contributed by atoms with Crippen molar-refractivity contribution in [2.45, 2.75) is 30.7 Å². The molecule has 8 heteroatoms. The van der Waals surface area contributed by atoms with Crippen LogP contribution in [-0.2, 0) is 14.8 Å². The normalized spacial score (nSPS) is 17.0. The Morgan fingerprint density at radius 1 is 1.24 bits per heavy atom. The Hall–Kier alpha value is -0.820. The van der Waals surface area contributed by atoms with Gasteiger partial charge < -0.3 is 4.90 Å². The van der Waals surface area contributed by atoms with Gasteiger partial charge in [0.15, 0.2) is 0 Å². The Morgan fingerprint density at radius 2 is 1.86 bits per heavy atom. The summed E-state index contributed by atoms with van der Waals surface area (Å²) in [5.74, 6) is -0.212. The highest BCUT2D eigenvalue weighted by Crippen LogP contribution is 2.24.